The summed E-state index contributed by atoms with van der Waals surface area (Å²) in [6.07, 6.45) is 3.02. The summed E-state index contributed by atoms with van der Waals surface area (Å²) >= 11 is 0. The summed E-state index contributed by atoms with van der Waals surface area (Å²) < 4.78 is 11.5. The van der Waals surface area contributed by atoms with Gasteiger partial charge in [0, 0.05) is 12.0 Å². The summed E-state index contributed by atoms with van der Waals surface area (Å²) in [5.41, 5.74) is 7.81. The standard InChI is InChI=1S/C18H19NO3/c19-18(20)14-9-7-13(8-10-14)15-4-3-5-16(12-15)22-17-6-1-2-11-21-17/h3-5,7-10,12,17H,1-2,6,11H2,(H2,19,20). The summed E-state index contributed by atoms with van der Waals surface area (Å²) in [6.45, 7) is 0.763. The van der Waals surface area contributed by atoms with Crippen molar-refractivity contribution in [2.45, 2.75) is 25.6 Å². The highest BCUT2D eigenvalue weighted by Gasteiger charge is 2.15. The van der Waals surface area contributed by atoms with E-state index in [1.54, 1.807) is 12.1 Å². The fourth-order valence-corrected chi connectivity index (χ4v) is 2.53. The topological polar surface area (TPSA) is 61.6 Å². The molecule has 0 aromatic heterocycles. The summed E-state index contributed by atoms with van der Waals surface area (Å²) in [4.78, 5) is 11.1. The number of carbonyl (C=O) groups is 1. The van der Waals surface area contributed by atoms with Crippen molar-refractivity contribution in [1.82, 2.24) is 0 Å². The summed E-state index contributed by atoms with van der Waals surface area (Å²) in [6, 6.07) is 15.1. The molecule has 114 valence electrons. The van der Waals surface area contributed by atoms with E-state index in [2.05, 4.69) is 0 Å². The zero-order valence-electron chi connectivity index (χ0n) is 12.3. The number of nitrogens with two attached hydrogens (primary N) is 1. The van der Waals surface area contributed by atoms with Crippen LogP contribution in [0.5, 0.6) is 5.75 Å². The van der Waals surface area contributed by atoms with Gasteiger partial charge < -0.3 is 15.2 Å². The van der Waals surface area contributed by atoms with Crippen LogP contribution in [0.1, 0.15) is 29.6 Å². The Bertz CT molecular complexity index is 646. The third-order valence-electron chi connectivity index (χ3n) is 3.74. The number of carbonyl (C=O) groups excluding carboxylic acids is 1. The maximum Gasteiger partial charge on any atom is 0.248 e. The molecule has 1 heterocycles. The number of benzene rings is 2. The van der Waals surface area contributed by atoms with Gasteiger partial charge in [-0.15, -0.1) is 0 Å². The molecule has 22 heavy (non-hydrogen) atoms. The van der Waals surface area contributed by atoms with Crippen molar-refractivity contribution in [3.05, 3.63) is 54.1 Å². The van der Waals surface area contributed by atoms with Crippen LogP contribution in [0, 0.1) is 0 Å². The Hall–Kier alpha value is -2.33. The third kappa shape index (κ3) is 3.46. The average Bonchev–Trinajstić information content (AvgIpc) is 2.56. The predicted molar refractivity (Wildman–Crippen MR) is 84.6 cm³/mol. The van der Waals surface area contributed by atoms with Crippen LogP contribution in [0.15, 0.2) is 48.5 Å². The molecule has 2 aromatic carbocycles. The van der Waals surface area contributed by atoms with E-state index < -0.39 is 5.91 Å². The van der Waals surface area contributed by atoms with E-state index in [1.807, 2.05) is 36.4 Å². The summed E-state index contributed by atoms with van der Waals surface area (Å²) in [7, 11) is 0. The van der Waals surface area contributed by atoms with Crippen molar-refractivity contribution in [2.24, 2.45) is 5.73 Å². The SMILES string of the molecule is NC(=O)c1ccc(-c2cccc(OC3CCCCO3)c2)cc1. The Morgan fingerprint density at radius 3 is 2.59 bits per heavy atom. The van der Waals surface area contributed by atoms with Crippen LogP contribution >= 0.6 is 0 Å². The third-order valence-corrected chi connectivity index (χ3v) is 3.74. The molecule has 2 aromatic rings. The second-order valence-corrected chi connectivity index (χ2v) is 5.38. The average molecular weight is 297 g/mol. The molecule has 1 fully saturated rings. The van der Waals surface area contributed by atoms with Gasteiger partial charge in [-0.05, 0) is 48.2 Å². The van der Waals surface area contributed by atoms with Gasteiger partial charge in [-0.2, -0.15) is 0 Å². The van der Waals surface area contributed by atoms with Crippen molar-refractivity contribution in [1.29, 1.82) is 0 Å². The highest BCUT2D eigenvalue weighted by atomic mass is 16.7. The Labute approximate surface area is 129 Å². The lowest BCUT2D eigenvalue weighted by atomic mass is 10.0. The zero-order valence-corrected chi connectivity index (χ0v) is 12.3. The second-order valence-electron chi connectivity index (χ2n) is 5.38. The Balaban J connectivity index is 1.76. The van der Waals surface area contributed by atoms with Gasteiger partial charge in [0.15, 0.2) is 6.29 Å². The molecule has 0 spiro atoms. The van der Waals surface area contributed by atoms with E-state index in [4.69, 9.17) is 15.2 Å². The highest BCUT2D eigenvalue weighted by molar-refractivity contribution is 5.93. The number of hydrogen-bond donors (Lipinski definition) is 1. The Kier molecular flexibility index (Phi) is 4.39. The van der Waals surface area contributed by atoms with Crippen LogP contribution in [-0.4, -0.2) is 18.8 Å². The smallest absolute Gasteiger partial charge is 0.248 e. The Morgan fingerprint density at radius 1 is 1.09 bits per heavy atom. The molecule has 4 nitrogen and oxygen atoms in total. The highest BCUT2D eigenvalue weighted by Crippen LogP contribution is 2.26. The lowest BCUT2D eigenvalue weighted by molar-refractivity contribution is -0.105. The lowest BCUT2D eigenvalue weighted by Gasteiger charge is -2.23. The molecular formula is C18H19NO3. The first kappa shape index (κ1) is 14.6. The van der Waals surface area contributed by atoms with Gasteiger partial charge in [0.25, 0.3) is 0 Å². The van der Waals surface area contributed by atoms with Crippen molar-refractivity contribution in [3.8, 4) is 16.9 Å². The van der Waals surface area contributed by atoms with Crippen molar-refractivity contribution >= 4 is 5.91 Å². The first-order valence-corrected chi connectivity index (χ1v) is 7.51. The number of ether oxygens (including phenoxy) is 2. The van der Waals surface area contributed by atoms with E-state index in [1.165, 1.54) is 0 Å². The maximum absolute atomic E-state index is 11.1. The fraction of sp³-hybridized carbons (Fsp3) is 0.278. The first-order chi connectivity index (χ1) is 10.7. The molecule has 1 aliphatic heterocycles. The summed E-state index contributed by atoms with van der Waals surface area (Å²) in [5.74, 6) is 0.376. The monoisotopic (exact) mass is 297 g/mol. The molecule has 1 unspecified atom stereocenters. The fourth-order valence-electron chi connectivity index (χ4n) is 2.53. The minimum absolute atomic E-state index is 0.152. The molecule has 4 heteroatoms. The largest absolute Gasteiger partial charge is 0.465 e. The van der Waals surface area contributed by atoms with E-state index >= 15 is 0 Å². The van der Waals surface area contributed by atoms with E-state index in [0.717, 1.165) is 42.7 Å². The van der Waals surface area contributed by atoms with E-state index in [9.17, 15) is 4.79 Å². The molecule has 1 aliphatic rings. The minimum atomic E-state index is -0.418. The molecular weight excluding hydrogens is 278 g/mol. The van der Waals surface area contributed by atoms with Gasteiger partial charge in [0.05, 0.1) is 6.61 Å². The van der Waals surface area contributed by atoms with Gasteiger partial charge in [-0.25, -0.2) is 0 Å². The summed E-state index contributed by atoms with van der Waals surface area (Å²) in [5, 5.41) is 0. The van der Waals surface area contributed by atoms with Gasteiger partial charge in [0.2, 0.25) is 5.91 Å². The molecule has 1 atom stereocenters. The molecule has 1 saturated heterocycles. The number of rotatable bonds is 4. The molecule has 0 saturated carbocycles. The van der Waals surface area contributed by atoms with Gasteiger partial charge in [-0.3, -0.25) is 4.79 Å². The normalized spacial score (nSPS) is 17.9. The van der Waals surface area contributed by atoms with E-state index in [0.29, 0.717) is 5.56 Å². The van der Waals surface area contributed by atoms with Gasteiger partial charge in [-0.1, -0.05) is 24.3 Å². The Morgan fingerprint density at radius 2 is 1.91 bits per heavy atom. The molecule has 0 aliphatic carbocycles. The van der Waals surface area contributed by atoms with Crippen LogP contribution in [0.25, 0.3) is 11.1 Å². The lowest BCUT2D eigenvalue weighted by Crippen LogP contribution is -2.24. The van der Waals surface area contributed by atoms with Crippen LogP contribution in [0.3, 0.4) is 0 Å². The van der Waals surface area contributed by atoms with E-state index in [-0.39, 0.29) is 6.29 Å². The first-order valence-electron chi connectivity index (χ1n) is 7.51. The van der Waals surface area contributed by atoms with Crippen LogP contribution in [-0.2, 0) is 4.74 Å². The molecule has 0 bridgehead atoms. The number of primary amides is 1. The molecule has 2 N–H and O–H groups in total. The van der Waals surface area contributed by atoms with Crippen molar-refractivity contribution in [2.75, 3.05) is 6.61 Å². The zero-order chi connectivity index (χ0) is 15.4. The van der Waals surface area contributed by atoms with Crippen LogP contribution < -0.4 is 10.5 Å². The van der Waals surface area contributed by atoms with Crippen LogP contribution in [0.2, 0.25) is 0 Å². The van der Waals surface area contributed by atoms with Crippen molar-refractivity contribution < 1.29 is 14.3 Å². The van der Waals surface area contributed by atoms with Crippen LogP contribution in [0.4, 0.5) is 0 Å². The number of hydrogen-bond acceptors (Lipinski definition) is 3. The predicted octanol–water partition coefficient (Wildman–Crippen LogP) is 3.36. The second kappa shape index (κ2) is 6.62. The van der Waals surface area contributed by atoms with Crippen molar-refractivity contribution in [3.63, 3.8) is 0 Å². The minimum Gasteiger partial charge on any atom is -0.465 e. The molecule has 0 radical (unpaired) electrons. The molecule has 3 rings (SSSR count). The maximum atomic E-state index is 11.1. The quantitative estimate of drug-likeness (QED) is 0.941. The van der Waals surface area contributed by atoms with Gasteiger partial charge >= 0.3 is 0 Å². The number of amides is 1. The van der Waals surface area contributed by atoms with Gasteiger partial charge in [0.1, 0.15) is 5.75 Å². The molecule has 1 amide bonds.